The number of nitrogens with zero attached hydrogens (tertiary/aromatic N) is 1. The Morgan fingerprint density at radius 2 is 2.20 bits per heavy atom. The van der Waals surface area contributed by atoms with Crippen LogP contribution in [0.3, 0.4) is 0 Å². The maximum absolute atomic E-state index is 9.66. The van der Waals surface area contributed by atoms with E-state index in [4.69, 9.17) is 4.42 Å². The van der Waals surface area contributed by atoms with Crippen LogP contribution in [0.2, 0.25) is 0 Å². The summed E-state index contributed by atoms with van der Waals surface area (Å²) in [5.74, 6) is 0.975. The molecular formula is C16H18BrNO2. The molecule has 0 amide bonds. The monoisotopic (exact) mass is 335 g/mol. The van der Waals surface area contributed by atoms with Gasteiger partial charge in [0.1, 0.15) is 5.76 Å². The van der Waals surface area contributed by atoms with E-state index in [1.54, 1.807) is 13.2 Å². The maximum atomic E-state index is 9.66. The molecule has 3 nitrogen and oxygen atoms in total. The fourth-order valence-corrected chi connectivity index (χ4v) is 3.01. The predicted molar refractivity (Wildman–Crippen MR) is 82.7 cm³/mol. The van der Waals surface area contributed by atoms with Crippen LogP contribution < -0.4 is 4.90 Å². The minimum Gasteiger partial charge on any atom is -0.467 e. The topological polar surface area (TPSA) is 36.6 Å². The molecule has 106 valence electrons. The molecule has 1 aromatic heterocycles. The van der Waals surface area contributed by atoms with Crippen LogP contribution in [0.5, 0.6) is 0 Å². The van der Waals surface area contributed by atoms with Crippen LogP contribution in [-0.2, 0) is 6.54 Å². The molecule has 3 rings (SSSR count). The summed E-state index contributed by atoms with van der Waals surface area (Å²) in [6.45, 7) is 2.56. The lowest BCUT2D eigenvalue weighted by Gasteiger charge is -2.25. The van der Waals surface area contributed by atoms with Crippen LogP contribution in [0.25, 0.3) is 0 Å². The molecule has 1 atom stereocenters. The number of aliphatic hydroxyl groups excluding tert-OH is 1. The van der Waals surface area contributed by atoms with Crippen molar-refractivity contribution in [1.82, 2.24) is 0 Å². The van der Waals surface area contributed by atoms with E-state index in [2.05, 4.69) is 26.9 Å². The molecule has 1 heterocycles. The van der Waals surface area contributed by atoms with Gasteiger partial charge in [0.15, 0.2) is 0 Å². The highest BCUT2D eigenvalue weighted by Gasteiger charge is 2.31. The zero-order valence-corrected chi connectivity index (χ0v) is 13.0. The third-order valence-corrected chi connectivity index (χ3v) is 4.29. The van der Waals surface area contributed by atoms with Crippen molar-refractivity contribution in [3.63, 3.8) is 0 Å². The predicted octanol–water partition coefficient (Wildman–Crippen LogP) is 4.26. The van der Waals surface area contributed by atoms with E-state index in [-0.39, 0.29) is 0 Å². The van der Waals surface area contributed by atoms with E-state index in [1.807, 2.05) is 24.3 Å². The van der Waals surface area contributed by atoms with Crippen molar-refractivity contribution in [1.29, 1.82) is 0 Å². The molecule has 1 aliphatic rings. The summed E-state index contributed by atoms with van der Waals surface area (Å²) in [7, 11) is 0. The molecule has 0 spiro atoms. The van der Waals surface area contributed by atoms with Crippen molar-refractivity contribution in [2.45, 2.75) is 38.5 Å². The number of aliphatic hydroxyl groups is 1. The van der Waals surface area contributed by atoms with E-state index in [1.165, 1.54) is 12.8 Å². The smallest absolute Gasteiger partial charge is 0.123 e. The van der Waals surface area contributed by atoms with Crippen LogP contribution in [0.1, 0.15) is 37.2 Å². The minimum atomic E-state index is -0.445. The van der Waals surface area contributed by atoms with E-state index in [9.17, 15) is 5.11 Å². The highest BCUT2D eigenvalue weighted by molar-refractivity contribution is 9.10. The number of hydrogen-bond donors (Lipinski definition) is 1. The lowest BCUT2D eigenvalue weighted by atomic mass is 10.1. The Hall–Kier alpha value is -1.26. The summed E-state index contributed by atoms with van der Waals surface area (Å²) < 4.78 is 6.49. The number of hydrogen-bond acceptors (Lipinski definition) is 3. The molecule has 1 N–H and O–H groups in total. The van der Waals surface area contributed by atoms with Crippen LogP contribution in [0.15, 0.2) is 45.5 Å². The summed E-state index contributed by atoms with van der Waals surface area (Å²) in [5.41, 5.74) is 2.09. The van der Waals surface area contributed by atoms with Gasteiger partial charge in [-0.3, -0.25) is 0 Å². The van der Waals surface area contributed by atoms with Crippen LogP contribution in [-0.4, -0.2) is 11.1 Å². The molecule has 1 aliphatic carbocycles. The zero-order chi connectivity index (χ0) is 14.1. The van der Waals surface area contributed by atoms with Crippen molar-refractivity contribution in [2.24, 2.45) is 0 Å². The second-order valence-corrected chi connectivity index (χ2v) is 6.18. The number of benzene rings is 1. The molecule has 4 heteroatoms. The fourth-order valence-electron chi connectivity index (χ4n) is 2.38. The average Bonchev–Trinajstić information content (AvgIpc) is 3.14. The van der Waals surface area contributed by atoms with Gasteiger partial charge >= 0.3 is 0 Å². The standard InChI is InChI=1S/C16H18BrNO2/c1-11(19)12-4-7-16(15(17)9-12)18(13-5-6-13)10-14-3-2-8-20-14/h2-4,7-9,11,13,19H,5-6,10H2,1H3. The largest absolute Gasteiger partial charge is 0.467 e. The SMILES string of the molecule is CC(O)c1ccc(N(Cc2ccco2)C2CC2)c(Br)c1. The highest BCUT2D eigenvalue weighted by Crippen LogP contribution is 2.38. The van der Waals surface area contributed by atoms with Gasteiger partial charge in [-0.05, 0) is 65.5 Å². The van der Waals surface area contributed by atoms with Crippen molar-refractivity contribution in [3.05, 3.63) is 52.4 Å². The first-order chi connectivity index (χ1) is 9.65. The first kappa shape index (κ1) is 13.7. The lowest BCUT2D eigenvalue weighted by molar-refractivity contribution is 0.199. The van der Waals surface area contributed by atoms with Crippen LogP contribution in [0.4, 0.5) is 5.69 Å². The molecule has 0 aliphatic heterocycles. The maximum Gasteiger partial charge on any atom is 0.123 e. The molecule has 20 heavy (non-hydrogen) atoms. The average molecular weight is 336 g/mol. The van der Waals surface area contributed by atoms with Crippen molar-refractivity contribution in [3.8, 4) is 0 Å². The Labute approximate surface area is 127 Å². The van der Waals surface area contributed by atoms with Crippen molar-refractivity contribution < 1.29 is 9.52 Å². The van der Waals surface area contributed by atoms with E-state index >= 15 is 0 Å². The van der Waals surface area contributed by atoms with Crippen LogP contribution in [0, 0.1) is 0 Å². The normalized spacial score (nSPS) is 16.1. The van der Waals surface area contributed by atoms with Gasteiger partial charge in [0.25, 0.3) is 0 Å². The lowest BCUT2D eigenvalue weighted by Crippen LogP contribution is -2.25. The van der Waals surface area contributed by atoms with Crippen molar-refractivity contribution >= 4 is 21.6 Å². The third-order valence-electron chi connectivity index (χ3n) is 3.66. The number of anilines is 1. The Kier molecular flexibility index (Phi) is 3.85. The summed E-state index contributed by atoms with van der Waals surface area (Å²) >= 11 is 3.63. The van der Waals surface area contributed by atoms with Gasteiger partial charge in [0.2, 0.25) is 0 Å². The quantitative estimate of drug-likeness (QED) is 0.886. The molecule has 1 fully saturated rings. The first-order valence-electron chi connectivity index (χ1n) is 6.91. The van der Waals surface area contributed by atoms with Gasteiger partial charge in [-0.15, -0.1) is 0 Å². The Morgan fingerprint density at radius 3 is 2.75 bits per heavy atom. The number of halogens is 1. The second kappa shape index (κ2) is 5.62. The van der Waals surface area contributed by atoms with Gasteiger partial charge in [0, 0.05) is 10.5 Å². The van der Waals surface area contributed by atoms with Gasteiger partial charge in [-0.2, -0.15) is 0 Å². The third kappa shape index (κ3) is 2.91. The van der Waals surface area contributed by atoms with Gasteiger partial charge in [-0.1, -0.05) is 6.07 Å². The molecule has 0 radical (unpaired) electrons. The van der Waals surface area contributed by atoms with E-state index in [0.717, 1.165) is 28.0 Å². The highest BCUT2D eigenvalue weighted by atomic mass is 79.9. The number of furan rings is 1. The van der Waals surface area contributed by atoms with Gasteiger partial charge in [-0.25, -0.2) is 0 Å². The van der Waals surface area contributed by atoms with Crippen molar-refractivity contribution in [2.75, 3.05) is 4.90 Å². The molecule has 0 bridgehead atoms. The Bertz CT molecular complexity index is 576. The summed E-state index contributed by atoms with van der Waals surface area (Å²) in [6.07, 6.45) is 3.72. The van der Waals surface area contributed by atoms with Gasteiger partial charge < -0.3 is 14.4 Å². The molecule has 0 saturated heterocycles. The molecule has 2 aromatic rings. The number of rotatable bonds is 5. The van der Waals surface area contributed by atoms with Crippen LogP contribution >= 0.6 is 15.9 Å². The minimum absolute atomic E-state index is 0.445. The second-order valence-electron chi connectivity index (χ2n) is 5.33. The molecule has 1 unspecified atom stereocenters. The van der Waals surface area contributed by atoms with E-state index in [0.29, 0.717) is 6.04 Å². The molecule has 1 aromatic carbocycles. The van der Waals surface area contributed by atoms with Gasteiger partial charge in [0.05, 0.1) is 24.6 Å². The summed E-state index contributed by atoms with van der Waals surface area (Å²) in [4.78, 5) is 2.37. The zero-order valence-electron chi connectivity index (χ0n) is 11.4. The Morgan fingerprint density at radius 1 is 1.40 bits per heavy atom. The van der Waals surface area contributed by atoms with E-state index < -0.39 is 6.10 Å². The molecular weight excluding hydrogens is 318 g/mol. The first-order valence-corrected chi connectivity index (χ1v) is 7.71. The Balaban J connectivity index is 1.87. The summed E-state index contributed by atoms with van der Waals surface area (Å²) in [6, 6.07) is 10.6. The fraction of sp³-hybridized carbons (Fsp3) is 0.375. The molecule has 1 saturated carbocycles. The summed E-state index contributed by atoms with van der Waals surface area (Å²) in [5, 5.41) is 9.66.